The van der Waals surface area contributed by atoms with Gasteiger partial charge in [0.05, 0.1) is 6.07 Å². The molecule has 1 rings (SSSR count). The summed E-state index contributed by atoms with van der Waals surface area (Å²) in [5.41, 5.74) is 5.84. The van der Waals surface area contributed by atoms with Gasteiger partial charge in [0.15, 0.2) is 0 Å². The van der Waals surface area contributed by atoms with Crippen molar-refractivity contribution in [1.29, 1.82) is 5.26 Å². The van der Waals surface area contributed by atoms with E-state index in [-0.39, 0.29) is 12.8 Å². The first-order chi connectivity index (χ1) is 16.4. The molecule has 192 valence electrons. The third-order valence-corrected chi connectivity index (χ3v) is 4.94. The van der Waals surface area contributed by atoms with Gasteiger partial charge in [-0.25, -0.2) is 4.79 Å². The van der Waals surface area contributed by atoms with Gasteiger partial charge in [-0.15, -0.1) is 0 Å². The number of rotatable bonds is 12. The van der Waals surface area contributed by atoms with E-state index >= 15 is 0 Å². The number of hydrogen-bond acceptors (Lipinski definition) is 6. The zero-order chi connectivity index (χ0) is 26.6. The highest BCUT2D eigenvalue weighted by atomic mass is 16.6. The summed E-state index contributed by atoms with van der Waals surface area (Å²) < 4.78 is 5.26. The lowest BCUT2D eigenvalue weighted by molar-refractivity contribution is -0.142. The molecule has 4 amide bonds. The van der Waals surface area contributed by atoms with Crippen LogP contribution in [-0.4, -0.2) is 53.4 Å². The number of unbranched alkanes of at least 4 members (excludes halogenated alkanes) is 1. The molecule has 0 fully saturated rings. The molecule has 1 aromatic carbocycles. The third-order valence-electron chi connectivity index (χ3n) is 4.94. The molecule has 4 N–H and O–H groups in total. The number of nitrogens with one attached hydrogen (secondary N) is 2. The van der Waals surface area contributed by atoms with Crippen molar-refractivity contribution in [2.75, 3.05) is 13.1 Å². The third kappa shape index (κ3) is 10.5. The first kappa shape index (κ1) is 29.4. The van der Waals surface area contributed by atoms with Crippen LogP contribution in [0.5, 0.6) is 0 Å². The predicted molar refractivity (Wildman–Crippen MR) is 131 cm³/mol. The van der Waals surface area contributed by atoms with Crippen molar-refractivity contribution >= 4 is 23.8 Å². The number of benzene rings is 1. The molecule has 0 bridgehead atoms. The van der Waals surface area contributed by atoms with E-state index in [0.29, 0.717) is 12.1 Å². The maximum Gasteiger partial charge on any atom is 0.408 e. The fourth-order valence-corrected chi connectivity index (χ4v) is 3.36. The second kappa shape index (κ2) is 13.9. The minimum Gasteiger partial charge on any atom is -0.444 e. The number of hydrogen-bond donors (Lipinski definition) is 3. The van der Waals surface area contributed by atoms with Crippen molar-refractivity contribution in [2.45, 2.75) is 78.0 Å². The quantitative estimate of drug-likeness (QED) is 0.304. The molecule has 1 aromatic rings. The van der Waals surface area contributed by atoms with Crippen LogP contribution in [-0.2, 0) is 19.1 Å². The Hall–Kier alpha value is -3.61. The number of nitrogens with zero attached hydrogens (tertiary/aromatic N) is 2. The summed E-state index contributed by atoms with van der Waals surface area (Å²) in [5, 5.41) is 14.8. The second-order valence-corrected chi connectivity index (χ2v) is 9.29. The first-order valence-corrected chi connectivity index (χ1v) is 11.7. The molecule has 0 aromatic heterocycles. The Kier molecular flexibility index (Phi) is 11.7. The standard InChI is InChI=1S/C25H37N5O5/c1-6-7-14-28-22(32)21(18-10-8-9-17(2)16-18)30(15-13-26)23(33)19(11-12-20(27)31)29-24(34)35-25(3,4)5/h8-10,16,19,21H,6-7,11-12,14-15H2,1-5H3,(H2,27,31)(H,28,32)(H,29,34). The summed E-state index contributed by atoms with van der Waals surface area (Å²) in [5.74, 6) is -1.80. The van der Waals surface area contributed by atoms with Crippen LogP contribution in [0.15, 0.2) is 24.3 Å². The van der Waals surface area contributed by atoms with Crippen LogP contribution >= 0.6 is 0 Å². The van der Waals surface area contributed by atoms with Gasteiger partial charge >= 0.3 is 6.09 Å². The number of carbonyl (C=O) groups excluding carboxylic acids is 4. The molecule has 0 heterocycles. The molecular weight excluding hydrogens is 450 g/mol. The fraction of sp³-hybridized carbons (Fsp3) is 0.560. The van der Waals surface area contributed by atoms with Crippen molar-refractivity contribution in [3.05, 3.63) is 35.4 Å². The number of amides is 4. The van der Waals surface area contributed by atoms with Crippen LogP contribution < -0.4 is 16.4 Å². The van der Waals surface area contributed by atoms with Gasteiger partial charge in [-0.3, -0.25) is 14.4 Å². The van der Waals surface area contributed by atoms with E-state index in [4.69, 9.17) is 10.5 Å². The molecular formula is C25H37N5O5. The highest BCUT2D eigenvalue weighted by Crippen LogP contribution is 2.24. The number of primary amides is 1. The zero-order valence-electron chi connectivity index (χ0n) is 21.2. The Morgan fingerprint density at radius 1 is 1.23 bits per heavy atom. The number of aryl methyl sites for hydroxylation is 1. The van der Waals surface area contributed by atoms with Gasteiger partial charge < -0.3 is 26.0 Å². The second-order valence-electron chi connectivity index (χ2n) is 9.29. The maximum absolute atomic E-state index is 13.7. The van der Waals surface area contributed by atoms with Crippen molar-refractivity contribution < 1.29 is 23.9 Å². The van der Waals surface area contributed by atoms with Crippen LogP contribution in [0.25, 0.3) is 0 Å². The average molecular weight is 488 g/mol. The summed E-state index contributed by atoms with van der Waals surface area (Å²) in [6.07, 6.45) is 0.444. The molecule has 0 aliphatic heterocycles. The maximum atomic E-state index is 13.7. The van der Waals surface area contributed by atoms with E-state index < -0.39 is 48.0 Å². The topological polar surface area (TPSA) is 155 Å². The minimum atomic E-state index is -1.23. The Morgan fingerprint density at radius 2 is 1.91 bits per heavy atom. The Balaban J connectivity index is 3.39. The van der Waals surface area contributed by atoms with Crippen molar-refractivity contribution in [2.24, 2.45) is 5.73 Å². The molecule has 0 radical (unpaired) electrons. The smallest absolute Gasteiger partial charge is 0.408 e. The normalized spacial score (nSPS) is 12.6. The van der Waals surface area contributed by atoms with Crippen LogP contribution in [0.1, 0.15) is 70.5 Å². The number of nitriles is 1. The highest BCUT2D eigenvalue weighted by molar-refractivity contribution is 5.92. The molecule has 0 spiro atoms. The van der Waals surface area contributed by atoms with E-state index in [0.717, 1.165) is 23.3 Å². The summed E-state index contributed by atoms with van der Waals surface area (Å²) in [6.45, 7) is 8.85. The van der Waals surface area contributed by atoms with Gasteiger partial charge in [0.1, 0.15) is 24.2 Å². The first-order valence-electron chi connectivity index (χ1n) is 11.7. The van der Waals surface area contributed by atoms with Gasteiger partial charge in [-0.1, -0.05) is 43.2 Å². The van der Waals surface area contributed by atoms with E-state index in [1.54, 1.807) is 39.0 Å². The lowest BCUT2D eigenvalue weighted by Crippen LogP contribution is -2.53. The van der Waals surface area contributed by atoms with Crippen molar-refractivity contribution in [3.8, 4) is 6.07 Å². The van der Waals surface area contributed by atoms with E-state index in [1.165, 1.54) is 0 Å². The molecule has 0 saturated carbocycles. The van der Waals surface area contributed by atoms with Crippen LogP contribution in [0, 0.1) is 18.3 Å². The highest BCUT2D eigenvalue weighted by Gasteiger charge is 2.36. The molecule has 0 saturated heterocycles. The molecule has 0 aliphatic carbocycles. The Labute approximate surface area is 207 Å². The Bertz CT molecular complexity index is 935. The van der Waals surface area contributed by atoms with E-state index in [1.807, 2.05) is 26.0 Å². The van der Waals surface area contributed by atoms with Crippen LogP contribution in [0.2, 0.25) is 0 Å². The van der Waals surface area contributed by atoms with Gasteiger partial charge in [0.2, 0.25) is 17.7 Å². The lowest BCUT2D eigenvalue weighted by atomic mass is 10.00. The predicted octanol–water partition coefficient (Wildman–Crippen LogP) is 2.46. The van der Waals surface area contributed by atoms with Crippen molar-refractivity contribution in [3.63, 3.8) is 0 Å². The number of ether oxygens (including phenoxy) is 1. The molecule has 10 nitrogen and oxygen atoms in total. The summed E-state index contributed by atoms with van der Waals surface area (Å²) in [4.78, 5) is 51.9. The van der Waals surface area contributed by atoms with Crippen molar-refractivity contribution in [1.82, 2.24) is 15.5 Å². The Morgan fingerprint density at radius 3 is 2.46 bits per heavy atom. The SMILES string of the molecule is CCCCNC(=O)C(c1cccc(C)c1)N(CC#N)C(=O)C(CCC(N)=O)NC(=O)OC(C)(C)C. The molecule has 0 aliphatic rings. The summed E-state index contributed by atoms with van der Waals surface area (Å²) >= 11 is 0. The van der Waals surface area contributed by atoms with Gasteiger partial charge in [-0.2, -0.15) is 5.26 Å². The fourth-order valence-electron chi connectivity index (χ4n) is 3.36. The number of alkyl carbamates (subject to hydrolysis) is 1. The van der Waals surface area contributed by atoms with Gasteiger partial charge in [-0.05, 0) is 46.1 Å². The number of nitrogens with two attached hydrogens (primary N) is 1. The van der Waals surface area contributed by atoms with Gasteiger partial charge in [0, 0.05) is 13.0 Å². The molecule has 2 unspecified atom stereocenters. The molecule has 10 heteroatoms. The van der Waals surface area contributed by atoms with Crippen LogP contribution in [0.4, 0.5) is 4.79 Å². The molecule has 2 atom stereocenters. The lowest BCUT2D eigenvalue weighted by Gasteiger charge is -2.33. The summed E-state index contributed by atoms with van der Waals surface area (Å²) in [7, 11) is 0. The average Bonchev–Trinajstić information content (AvgIpc) is 2.74. The van der Waals surface area contributed by atoms with E-state index in [9.17, 15) is 24.4 Å². The molecule has 35 heavy (non-hydrogen) atoms. The summed E-state index contributed by atoms with van der Waals surface area (Å²) in [6, 6.07) is 6.67. The number of carbonyl (C=O) groups is 4. The van der Waals surface area contributed by atoms with E-state index in [2.05, 4.69) is 10.6 Å². The minimum absolute atomic E-state index is 0.118. The monoisotopic (exact) mass is 487 g/mol. The van der Waals surface area contributed by atoms with Gasteiger partial charge in [0.25, 0.3) is 0 Å². The largest absolute Gasteiger partial charge is 0.444 e. The van der Waals surface area contributed by atoms with Crippen LogP contribution in [0.3, 0.4) is 0 Å². The zero-order valence-corrected chi connectivity index (χ0v) is 21.2.